The van der Waals surface area contributed by atoms with Crippen LogP contribution in [0.1, 0.15) is 29.6 Å². The Morgan fingerprint density at radius 3 is 3.00 bits per heavy atom. The summed E-state index contributed by atoms with van der Waals surface area (Å²) in [6, 6.07) is 0.757. The van der Waals surface area contributed by atoms with Crippen LogP contribution < -0.4 is 5.73 Å². The summed E-state index contributed by atoms with van der Waals surface area (Å²) < 4.78 is 0. The third-order valence-corrected chi connectivity index (χ3v) is 4.56. The SMILES string of the molecule is CC1CN2CCCC2CN1C(=O)c1nnc(N)s1. The Balaban J connectivity index is 1.77. The van der Waals surface area contributed by atoms with E-state index in [0.717, 1.165) is 13.1 Å². The largest absolute Gasteiger partial charge is 0.374 e. The zero-order chi connectivity index (χ0) is 12.7. The molecule has 7 heteroatoms. The fourth-order valence-electron chi connectivity index (χ4n) is 2.91. The number of anilines is 1. The summed E-state index contributed by atoms with van der Waals surface area (Å²) >= 11 is 1.17. The molecule has 0 saturated carbocycles. The fourth-order valence-corrected chi connectivity index (χ4v) is 3.48. The number of hydrogen-bond acceptors (Lipinski definition) is 6. The second-order valence-electron chi connectivity index (χ2n) is 5.04. The minimum absolute atomic E-state index is 0.0248. The van der Waals surface area contributed by atoms with Gasteiger partial charge in [-0.2, -0.15) is 0 Å². The van der Waals surface area contributed by atoms with Crippen LogP contribution >= 0.6 is 11.3 Å². The zero-order valence-electron chi connectivity index (χ0n) is 10.4. The average Bonchev–Trinajstić information content (AvgIpc) is 2.95. The first-order valence-corrected chi connectivity index (χ1v) is 7.11. The van der Waals surface area contributed by atoms with Crippen molar-refractivity contribution in [2.75, 3.05) is 25.4 Å². The predicted octanol–water partition coefficient (Wildman–Crippen LogP) is 0.429. The molecule has 1 amide bonds. The van der Waals surface area contributed by atoms with Crippen molar-refractivity contribution in [3.05, 3.63) is 5.01 Å². The first-order valence-electron chi connectivity index (χ1n) is 6.29. The van der Waals surface area contributed by atoms with Crippen LogP contribution in [0.5, 0.6) is 0 Å². The number of nitrogens with zero attached hydrogens (tertiary/aromatic N) is 4. The van der Waals surface area contributed by atoms with Crippen molar-refractivity contribution in [3.8, 4) is 0 Å². The Bertz CT molecular complexity index is 462. The standard InChI is InChI=1S/C11H17N5OS/c1-7-5-15-4-2-3-8(15)6-16(7)10(17)9-13-14-11(12)18-9/h7-8H,2-6H2,1H3,(H2,12,14). The number of nitrogen functional groups attached to an aromatic ring is 1. The molecule has 1 aromatic rings. The molecule has 2 N–H and O–H groups in total. The molecule has 2 aliphatic rings. The highest BCUT2D eigenvalue weighted by Gasteiger charge is 2.37. The summed E-state index contributed by atoms with van der Waals surface area (Å²) in [5, 5.41) is 8.32. The molecule has 0 spiro atoms. The van der Waals surface area contributed by atoms with Gasteiger partial charge < -0.3 is 10.6 Å². The molecule has 2 saturated heterocycles. The van der Waals surface area contributed by atoms with Crippen LogP contribution in [0, 0.1) is 0 Å². The van der Waals surface area contributed by atoms with E-state index < -0.39 is 0 Å². The maximum atomic E-state index is 12.4. The zero-order valence-corrected chi connectivity index (χ0v) is 11.2. The molecule has 2 atom stereocenters. The van der Waals surface area contributed by atoms with Crippen molar-refractivity contribution >= 4 is 22.4 Å². The molecular formula is C11H17N5OS. The maximum absolute atomic E-state index is 12.4. The van der Waals surface area contributed by atoms with E-state index in [0.29, 0.717) is 16.2 Å². The van der Waals surface area contributed by atoms with Crippen LogP contribution in [0.25, 0.3) is 0 Å². The van der Waals surface area contributed by atoms with Gasteiger partial charge in [-0.25, -0.2) is 0 Å². The average molecular weight is 267 g/mol. The van der Waals surface area contributed by atoms with Crippen LogP contribution in [-0.4, -0.2) is 57.6 Å². The molecule has 18 heavy (non-hydrogen) atoms. The van der Waals surface area contributed by atoms with E-state index in [9.17, 15) is 4.79 Å². The van der Waals surface area contributed by atoms with Crippen molar-refractivity contribution in [1.29, 1.82) is 0 Å². The van der Waals surface area contributed by atoms with E-state index in [2.05, 4.69) is 22.0 Å². The third-order valence-electron chi connectivity index (χ3n) is 3.82. The highest BCUT2D eigenvalue weighted by Crippen LogP contribution is 2.26. The molecule has 98 valence electrons. The highest BCUT2D eigenvalue weighted by atomic mass is 32.1. The summed E-state index contributed by atoms with van der Waals surface area (Å²) in [5.74, 6) is -0.0248. The Morgan fingerprint density at radius 1 is 1.44 bits per heavy atom. The van der Waals surface area contributed by atoms with E-state index in [4.69, 9.17) is 5.73 Å². The Morgan fingerprint density at radius 2 is 2.28 bits per heavy atom. The van der Waals surface area contributed by atoms with Gasteiger partial charge in [0.15, 0.2) is 0 Å². The van der Waals surface area contributed by atoms with Crippen LogP contribution in [-0.2, 0) is 0 Å². The summed E-state index contributed by atoms with van der Waals surface area (Å²) in [6.45, 7) is 5.03. The Hall–Kier alpha value is -1.21. The lowest BCUT2D eigenvalue weighted by Gasteiger charge is -2.41. The number of carbonyl (C=O) groups excluding carboxylic acids is 1. The number of carbonyl (C=O) groups is 1. The topological polar surface area (TPSA) is 75.3 Å². The summed E-state index contributed by atoms with van der Waals surface area (Å²) in [7, 11) is 0. The maximum Gasteiger partial charge on any atom is 0.285 e. The molecule has 6 nitrogen and oxygen atoms in total. The highest BCUT2D eigenvalue weighted by molar-refractivity contribution is 7.16. The van der Waals surface area contributed by atoms with Crippen LogP contribution in [0.2, 0.25) is 0 Å². The van der Waals surface area contributed by atoms with E-state index in [1.165, 1.54) is 30.7 Å². The molecule has 2 aliphatic heterocycles. The fraction of sp³-hybridized carbons (Fsp3) is 0.727. The van der Waals surface area contributed by atoms with Gasteiger partial charge in [-0.1, -0.05) is 11.3 Å². The van der Waals surface area contributed by atoms with Gasteiger partial charge in [0.25, 0.3) is 5.91 Å². The summed E-state index contributed by atoms with van der Waals surface area (Å²) in [4.78, 5) is 16.8. The van der Waals surface area contributed by atoms with Crippen molar-refractivity contribution in [1.82, 2.24) is 20.0 Å². The van der Waals surface area contributed by atoms with Gasteiger partial charge in [0.2, 0.25) is 10.1 Å². The first-order chi connectivity index (χ1) is 8.65. The Labute approximate surface area is 110 Å². The molecular weight excluding hydrogens is 250 g/mol. The van der Waals surface area contributed by atoms with Crippen LogP contribution in [0.4, 0.5) is 5.13 Å². The molecule has 0 aliphatic carbocycles. The quantitative estimate of drug-likeness (QED) is 0.798. The number of aromatic nitrogens is 2. The van der Waals surface area contributed by atoms with Crippen molar-refractivity contribution < 1.29 is 4.79 Å². The number of hydrogen-bond donors (Lipinski definition) is 1. The van der Waals surface area contributed by atoms with E-state index in [-0.39, 0.29) is 11.9 Å². The van der Waals surface area contributed by atoms with Crippen LogP contribution in [0.15, 0.2) is 0 Å². The van der Waals surface area contributed by atoms with Gasteiger partial charge in [0.1, 0.15) is 0 Å². The second kappa shape index (κ2) is 4.47. The lowest BCUT2D eigenvalue weighted by Crippen LogP contribution is -2.56. The number of fused-ring (bicyclic) bond motifs is 1. The lowest BCUT2D eigenvalue weighted by atomic mass is 10.1. The molecule has 2 fully saturated rings. The number of nitrogens with two attached hydrogens (primary N) is 1. The number of amides is 1. The van der Waals surface area contributed by atoms with Gasteiger partial charge in [0, 0.05) is 25.2 Å². The van der Waals surface area contributed by atoms with Crippen LogP contribution in [0.3, 0.4) is 0 Å². The third kappa shape index (κ3) is 1.97. The summed E-state index contributed by atoms with van der Waals surface area (Å²) in [6.07, 6.45) is 2.43. The lowest BCUT2D eigenvalue weighted by molar-refractivity contribution is 0.0394. The molecule has 3 heterocycles. The van der Waals surface area contributed by atoms with Crippen molar-refractivity contribution in [2.45, 2.75) is 31.8 Å². The normalized spacial score (nSPS) is 28.4. The smallest absolute Gasteiger partial charge is 0.285 e. The van der Waals surface area contributed by atoms with Gasteiger partial charge in [-0.15, -0.1) is 10.2 Å². The molecule has 2 unspecified atom stereocenters. The van der Waals surface area contributed by atoms with Gasteiger partial charge in [0.05, 0.1) is 0 Å². The van der Waals surface area contributed by atoms with E-state index >= 15 is 0 Å². The minimum Gasteiger partial charge on any atom is -0.374 e. The van der Waals surface area contributed by atoms with E-state index in [1.807, 2.05) is 4.90 Å². The molecule has 3 rings (SSSR count). The molecule has 0 bridgehead atoms. The first kappa shape index (κ1) is 11.9. The molecule has 1 aromatic heterocycles. The van der Waals surface area contributed by atoms with Gasteiger partial charge in [-0.3, -0.25) is 9.69 Å². The monoisotopic (exact) mass is 267 g/mol. The molecule has 0 radical (unpaired) electrons. The van der Waals surface area contributed by atoms with Gasteiger partial charge >= 0.3 is 0 Å². The predicted molar refractivity (Wildman–Crippen MR) is 69.4 cm³/mol. The minimum atomic E-state index is -0.0248. The van der Waals surface area contributed by atoms with Gasteiger partial charge in [-0.05, 0) is 26.3 Å². The molecule has 0 aromatic carbocycles. The number of rotatable bonds is 1. The second-order valence-corrected chi connectivity index (χ2v) is 6.05. The number of piperazine rings is 1. The van der Waals surface area contributed by atoms with Crippen molar-refractivity contribution in [2.24, 2.45) is 0 Å². The van der Waals surface area contributed by atoms with E-state index in [1.54, 1.807) is 0 Å². The van der Waals surface area contributed by atoms with Crippen molar-refractivity contribution in [3.63, 3.8) is 0 Å². The Kier molecular flexibility index (Phi) is 2.95. The summed E-state index contributed by atoms with van der Waals surface area (Å²) in [5.41, 5.74) is 5.53.